The van der Waals surface area contributed by atoms with Crippen LogP contribution in [0.4, 0.5) is 9.52 Å². The van der Waals surface area contributed by atoms with E-state index in [0.29, 0.717) is 4.47 Å². The molecule has 8 heteroatoms. The maximum Gasteiger partial charge on any atom is 0.260 e. The number of amides is 1. The molecular weight excluding hydrogens is 299 g/mol. The van der Waals surface area contributed by atoms with Crippen LogP contribution in [0.3, 0.4) is 0 Å². The number of hydrogen-bond donors (Lipinski definition) is 1. The van der Waals surface area contributed by atoms with Gasteiger partial charge in [-0.2, -0.15) is 0 Å². The molecule has 5 nitrogen and oxygen atoms in total. The summed E-state index contributed by atoms with van der Waals surface area (Å²) in [6.07, 6.45) is 0. The zero-order valence-electron chi connectivity index (χ0n) is 7.65. The molecule has 16 heavy (non-hydrogen) atoms. The first-order valence-electron chi connectivity index (χ1n) is 4.08. The fourth-order valence-electron chi connectivity index (χ4n) is 1.02. The van der Waals surface area contributed by atoms with Gasteiger partial charge in [0.15, 0.2) is 0 Å². The van der Waals surface area contributed by atoms with E-state index in [2.05, 4.69) is 36.0 Å². The summed E-state index contributed by atoms with van der Waals surface area (Å²) in [4.78, 5) is 11.6. The van der Waals surface area contributed by atoms with Crippen molar-refractivity contribution in [2.45, 2.75) is 0 Å². The highest BCUT2D eigenvalue weighted by molar-refractivity contribution is 9.10. The molecule has 0 unspecified atom stereocenters. The second-order valence-electron chi connectivity index (χ2n) is 2.75. The van der Waals surface area contributed by atoms with Gasteiger partial charge in [0, 0.05) is 16.0 Å². The van der Waals surface area contributed by atoms with Crippen molar-refractivity contribution in [3.05, 3.63) is 34.1 Å². The van der Waals surface area contributed by atoms with Gasteiger partial charge in [-0.25, -0.2) is 4.39 Å². The smallest absolute Gasteiger partial charge is 0.260 e. The Morgan fingerprint density at radius 2 is 2.31 bits per heavy atom. The Kier molecular flexibility index (Phi) is 3.20. The molecule has 0 radical (unpaired) electrons. The van der Waals surface area contributed by atoms with Crippen LogP contribution in [0.5, 0.6) is 0 Å². The lowest BCUT2D eigenvalue weighted by Crippen LogP contribution is -2.13. The summed E-state index contributed by atoms with van der Waals surface area (Å²) in [5, 5.41) is 9.45. The highest BCUT2D eigenvalue weighted by atomic mass is 79.9. The normalized spacial score (nSPS) is 10.1. The highest BCUT2D eigenvalue weighted by Gasteiger charge is 2.13. The number of nitrogens with zero attached hydrogens (tertiary/aromatic N) is 3. The minimum Gasteiger partial charge on any atom is -0.295 e. The van der Waals surface area contributed by atoms with E-state index in [1.54, 1.807) is 0 Å². The molecule has 1 N–H and O–H groups in total. The predicted molar refractivity (Wildman–Crippen MR) is 59.8 cm³/mol. The van der Waals surface area contributed by atoms with Gasteiger partial charge in [0.05, 0.1) is 5.56 Å². The van der Waals surface area contributed by atoms with E-state index in [4.69, 9.17) is 0 Å². The van der Waals surface area contributed by atoms with Crippen molar-refractivity contribution in [1.29, 1.82) is 0 Å². The number of aromatic nitrogens is 3. The first-order chi connectivity index (χ1) is 7.66. The third-order valence-corrected chi connectivity index (χ3v) is 2.70. The lowest BCUT2D eigenvalue weighted by molar-refractivity contribution is 0.102. The second-order valence-corrected chi connectivity index (χ2v) is 4.39. The van der Waals surface area contributed by atoms with Crippen molar-refractivity contribution in [1.82, 2.24) is 14.8 Å². The van der Waals surface area contributed by atoms with Crippen molar-refractivity contribution >= 4 is 38.5 Å². The average molecular weight is 303 g/mol. The number of carbonyl (C=O) groups is 1. The summed E-state index contributed by atoms with van der Waals surface area (Å²) in [7, 11) is 0. The Morgan fingerprint density at radius 3 is 3.00 bits per heavy atom. The van der Waals surface area contributed by atoms with Crippen LogP contribution >= 0.6 is 27.5 Å². The highest BCUT2D eigenvalue weighted by Crippen LogP contribution is 2.17. The summed E-state index contributed by atoms with van der Waals surface area (Å²) < 4.78 is 17.4. The average Bonchev–Trinajstić information content (AvgIpc) is 2.74. The van der Waals surface area contributed by atoms with E-state index < -0.39 is 11.7 Å². The summed E-state index contributed by atoms with van der Waals surface area (Å²) >= 11 is 4.08. The van der Waals surface area contributed by atoms with E-state index in [1.807, 2.05) is 0 Å². The van der Waals surface area contributed by atoms with Gasteiger partial charge < -0.3 is 0 Å². The van der Waals surface area contributed by atoms with Crippen LogP contribution in [-0.4, -0.2) is 20.7 Å². The molecule has 0 atom stereocenters. The van der Waals surface area contributed by atoms with Crippen molar-refractivity contribution in [2.75, 3.05) is 5.32 Å². The molecule has 0 saturated carbocycles. The Morgan fingerprint density at radius 1 is 1.50 bits per heavy atom. The van der Waals surface area contributed by atoms with Crippen LogP contribution in [0.25, 0.3) is 0 Å². The van der Waals surface area contributed by atoms with Gasteiger partial charge in [-0.3, -0.25) is 10.1 Å². The molecule has 0 aliphatic rings. The van der Waals surface area contributed by atoms with Gasteiger partial charge in [0.2, 0.25) is 5.13 Å². The fraction of sp³-hybridized carbons (Fsp3) is 0. The zero-order chi connectivity index (χ0) is 11.5. The molecular formula is C8H4BrFN4OS. The monoisotopic (exact) mass is 302 g/mol. The molecule has 0 aliphatic carbocycles. The van der Waals surface area contributed by atoms with Crippen LogP contribution in [0.2, 0.25) is 0 Å². The number of nitrogens with one attached hydrogen (secondary N) is 1. The fourth-order valence-corrected chi connectivity index (χ4v) is 1.74. The standard InChI is InChI=1S/C8H4BrFN4OS/c9-4-1-2-6(10)5(3-4)7(15)11-8-12-13-14-16-8/h1-3H,(H,11,12,14,15). The van der Waals surface area contributed by atoms with Gasteiger partial charge in [0.1, 0.15) is 5.82 Å². The lowest BCUT2D eigenvalue weighted by atomic mass is 10.2. The summed E-state index contributed by atoms with van der Waals surface area (Å²) in [5.41, 5.74) is -0.0652. The number of anilines is 1. The molecule has 0 spiro atoms. The largest absolute Gasteiger partial charge is 0.295 e. The van der Waals surface area contributed by atoms with Crippen molar-refractivity contribution in [3.8, 4) is 0 Å². The van der Waals surface area contributed by atoms with Crippen molar-refractivity contribution in [3.63, 3.8) is 0 Å². The SMILES string of the molecule is O=C(Nc1nnns1)c1cc(Br)ccc1F. The number of benzene rings is 1. The van der Waals surface area contributed by atoms with Crippen LogP contribution in [0, 0.1) is 5.82 Å². The van der Waals surface area contributed by atoms with Crippen LogP contribution in [-0.2, 0) is 0 Å². The summed E-state index contributed by atoms with van der Waals surface area (Å²) in [6.45, 7) is 0. The van der Waals surface area contributed by atoms with Crippen LogP contribution < -0.4 is 5.32 Å². The van der Waals surface area contributed by atoms with E-state index >= 15 is 0 Å². The van der Waals surface area contributed by atoms with Crippen molar-refractivity contribution in [2.24, 2.45) is 0 Å². The molecule has 0 saturated heterocycles. The maximum absolute atomic E-state index is 13.3. The van der Waals surface area contributed by atoms with E-state index in [1.165, 1.54) is 18.2 Å². The Balaban J connectivity index is 2.24. The molecule has 1 heterocycles. The summed E-state index contributed by atoms with van der Waals surface area (Å²) in [6, 6.07) is 4.11. The Bertz CT molecular complexity index is 519. The number of rotatable bonds is 2. The maximum atomic E-state index is 13.3. The third-order valence-electron chi connectivity index (χ3n) is 1.69. The van der Waals surface area contributed by atoms with Gasteiger partial charge in [-0.05, 0) is 23.4 Å². The van der Waals surface area contributed by atoms with Gasteiger partial charge in [0.25, 0.3) is 5.91 Å². The predicted octanol–water partition coefficient (Wildman–Crippen LogP) is 2.09. The topological polar surface area (TPSA) is 67.8 Å². The molecule has 2 rings (SSSR count). The Labute approximate surface area is 102 Å². The molecule has 0 aliphatic heterocycles. The van der Waals surface area contributed by atoms with Crippen molar-refractivity contribution < 1.29 is 9.18 Å². The number of halogens is 2. The molecule has 1 amide bonds. The molecule has 1 aromatic carbocycles. The van der Waals surface area contributed by atoms with E-state index in [-0.39, 0.29) is 10.7 Å². The number of hydrogen-bond acceptors (Lipinski definition) is 5. The van der Waals surface area contributed by atoms with Gasteiger partial charge in [-0.15, -0.1) is 0 Å². The second kappa shape index (κ2) is 4.62. The van der Waals surface area contributed by atoms with Crippen LogP contribution in [0.1, 0.15) is 10.4 Å². The van der Waals surface area contributed by atoms with Gasteiger partial charge >= 0.3 is 0 Å². The van der Waals surface area contributed by atoms with E-state index in [9.17, 15) is 9.18 Å². The minimum atomic E-state index is -0.599. The first kappa shape index (κ1) is 11.1. The molecule has 2 aromatic rings. The quantitative estimate of drug-likeness (QED) is 0.922. The molecule has 1 aromatic heterocycles. The third kappa shape index (κ3) is 2.39. The zero-order valence-corrected chi connectivity index (χ0v) is 10.0. The Hall–Kier alpha value is -1.41. The molecule has 0 fully saturated rings. The van der Waals surface area contributed by atoms with Gasteiger partial charge in [-0.1, -0.05) is 25.5 Å². The lowest BCUT2D eigenvalue weighted by Gasteiger charge is -2.02. The van der Waals surface area contributed by atoms with E-state index in [0.717, 1.165) is 11.5 Å². The first-order valence-corrected chi connectivity index (χ1v) is 5.65. The minimum absolute atomic E-state index is 0.0652. The molecule has 0 bridgehead atoms. The molecule has 82 valence electrons. The summed E-state index contributed by atoms with van der Waals surface area (Å²) in [5.74, 6) is -1.18. The number of carbonyl (C=O) groups excluding carboxylic acids is 1. The van der Waals surface area contributed by atoms with Crippen LogP contribution in [0.15, 0.2) is 22.7 Å².